The first kappa shape index (κ1) is 14.0. The number of aromatic nitrogens is 1. The molecule has 1 aliphatic rings. The lowest BCUT2D eigenvalue weighted by Crippen LogP contribution is -1.96. The maximum atomic E-state index is 12.1. The van der Waals surface area contributed by atoms with Crippen molar-refractivity contribution in [2.45, 2.75) is 0 Å². The maximum absolute atomic E-state index is 12.1. The van der Waals surface area contributed by atoms with Crippen LogP contribution in [-0.2, 0) is 0 Å². The SMILES string of the molecule is O=c1c(Br)cccc2c(/C=C/c3ccc4c(c3)OCO4)noc12. The molecule has 0 atom stereocenters. The van der Waals surface area contributed by atoms with E-state index < -0.39 is 0 Å². The van der Waals surface area contributed by atoms with Gasteiger partial charge in [0.2, 0.25) is 17.8 Å². The summed E-state index contributed by atoms with van der Waals surface area (Å²) in [6, 6.07) is 10.9. The van der Waals surface area contributed by atoms with Gasteiger partial charge in [0.05, 0.1) is 9.86 Å². The van der Waals surface area contributed by atoms with E-state index in [9.17, 15) is 4.79 Å². The van der Waals surface area contributed by atoms with Crippen molar-refractivity contribution in [3.8, 4) is 11.5 Å². The van der Waals surface area contributed by atoms with E-state index in [1.165, 1.54) is 0 Å². The van der Waals surface area contributed by atoms with E-state index in [1.807, 2.05) is 24.3 Å². The minimum absolute atomic E-state index is 0.222. The number of ether oxygens (including phenoxy) is 2. The molecule has 1 aromatic heterocycles. The van der Waals surface area contributed by atoms with Crippen LogP contribution in [-0.4, -0.2) is 11.9 Å². The first-order valence-electron chi connectivity index (χ1n) is 6.88. The highest BCUT2D eigenvalue weighted by atomic mass is 79.9. The van der Waals surface area contributed by atoms with E-state index >= 15 is 0 Å². The van der Waals surface area contributed by atoms with Crippen LogP contribution in [0.25, 0.3) is 23.1 Å². The van der Waals surface area contributed by atoms with Crippen LogP contribution in [0.15, 0.2) is 50.2 Å². The van der Waals surface area contributed by atoms with E-state index in [-0.39, 0.29) is 17.8 Å². The lowest BCUT2D eigenvalue weighted by atomic mass is 10.1. The van der Waals surface area contributed by atoms with Crippen LogP contribution in [0.3, 0.4) is 0 Å². The Kier molecular flexibility index (Phi) is 3.38. The summed E-state index contributed by atoms with van der Waals surface area (Å²) in [5.41, 5.74) is 1.54. The van der Waals surface area contributed by atoms with Crippen LogP contribution in [0.4, 0.5) is 0 Å². The summed E-state index contributed by atoms with van der Waals surface area (Å²) in [6.07, 6.45) is 3.68. The number of hydrogen-bond acceptors (Lipinski definition) is 5. The van der Waals surface area contributed by atoms with Gasteiger partial charge in [-0.25, -0.2) is 0 Å². The summed E-state index contributed by atoms with van der Waals surface area (Å²) in [6.45, 7) is 0.244. The minimum atomic E-state index is -0.222. The Morgan fingerprint density at radius 3 is 2.87 bits per heavy atom. The summed E-state index contributed by atoms with van der Waals surface area (Å²) >= 11 is 3.22. The smallest absolute Gasteiger partial charge is 0.238 e. The van der Waals surface area contributed by atoms with Crippen molar-refractivity contribution in [3.05, 3.63) is 62.4 Å². The van der Waals surface area contributed by atoms with Gasteiger partial charge in [0, 0.05) is 0 Å². The van der Waals surface area contributed by atoms with Crippen molar-refractivity contribution in [3.63, 3.8) is 0 Å². The average Bonchev–Trinajstić information content (AvgIpc) is 3.15. The predicted molar refractivity (Wildman–Crippen MR) is 89.5 cm³/mol. The Morgan fingerprint density at radius 1 is 1.09 bits per heavy atom. The van der Waals surface area contributed by atoms with Crippen molar-refractivity contribution in [1.29, 1.82) is 0 Å². The molecule has 6 heteroatoms. The standard InChI is InChI=1S/C17H10BrNO4/c18-12-3-1-2-11-13(19-23-17(11)16(12)20)6-4-10-5-7-14-15(8-10)22-9-21-14/h1-8H,9H2/b6-4+. The molecule has 4 rings (SSSR count). The van der Waals surface area contributed by atoms with E-state index in [0.717, 1.165) is 11.3 Å². The summed E-state index contributed by atoms with van der Waals surface area (Å²) in [5.74, 6) is 1.45. The van der Waals surface area contributed by atoms with Crippen molar-refractivity contribution in [2.75, 3.05) is 6.79 Å². The molecule has 3 aromatic rings. The van der Waals surface area contributed by atoms with E-state index in [4.69, 9.17) is 14.0 Å². The van der Waals surface area contributed by atoms with Crippen LogP contribution >= 0.6 is 15.9 Å². The number of hydrogen-bond donors (Lipinski definition) is 0. The van der Waals surface area contributed by atoms with Gasteiger partial charge in [0.1, 0.15) is 5.69 Å². The zero-order valence-corrected chi connectivity index (χ0v) is 13.4. The minimum Gasteiger partial charge on any atom is -0.454 e. The average molecular weight is 372 g/mol. The largest absolute Gasteiger partial charge is 0.454 e. The molecule has 0 amide bonds. The highest BCUT2D eigenvalue weighted by Gasteiger charge is 2.13. The van der Waals surface area contributed by atoms with Gasteiger partial charge in [0.25, 0.3) is 0 Å². The summed E-state index contributed by atoms with van der Waals surface area (Å²) in [7, 11) is 0. The predicted octanol–water partition coefficient (Wildman–Crippen LogP) is 3.85. The molecular weight excluding hydrogens is 362 g/mol. The van der Waals surface area contributed by atoms with Gasteiger partial charge in [-0.3, -0.25) is 4.79 Å². The molecule has 0 saturated heterocycles. The van der Waals surface area contributed by atoms with Gasteiger partial charge >= 0.3 is 0 Å². The number of fused-ring (bicyclic) bond motifs is 2. The molecule has 2 heterocycles. The van der Waals surface area contributed by atoms with Crippen molar-refractivity contribution < 1.29 is 14.0 Å². The number of nitrogens with zero attached hydrogens (tertiary/aromatic N) is 1. The highest BCUT2D eigenvalue weighted by molar-refractivity contribution is 9.10. The second-order valence-corrected chi connectivity index (χ2v) is 5.81. The third-order valence-electron chi connectivity index (χ3n) is 3.51. The first-order chi connectivity index (χ1) is 11.2. The van der Waals surface area contributed by atoms with Crippen LogP contribution in [0.5, 0.6) is 11.5 Å². The van der Waals surface area contributed by atoms with E-state index in [1.54, 1.807) is 24.3 Å². The molecule has 0 saturated carbocycles. The molecule has 1 aliphatic heterocycles. The summed E-state index contributed by atoms with van der Waals surface area (Å²) < 4.78 is 16.3. The van der Waals surface area contributed by atoms with Gasteiger partial charge in [-0.1, -0.05) is 23.4 Å². The topological polar surface area (TPSA) is 61.6 Å². The molecule has 0 bridgehead atoms. The molecule has 114 valence electrons. The Hall–Kier alpha value is -2.60. The molecule has 0 radical (unpaired) electrons. The van der Waals surface area contributed by atoms with Crippen LogP contribution < -0.4 is 14.9 Å². The van der Waals surface area contributed by atoms with Crippen molar-refractivity contribution in [2.24, 2.45) is 0 Å². The quantitative estimate of drug-likeness (QED) is 0.684. The fourth-order valence-electron chi connectivity index (χ4n) is 2.36. The van der Waals surface area contributed by atoms with Gasteiger partial charge < -0.3 is 14.0 Å². The molecule has 0 aliphatic carbocycles. The third kappa shape index (κ3) is 2.51. The molecule has 5 nitrogen and oxygen atoms in total. The Labute approximate surface area is 139 Å². The lowest BCUT2D eigenvalue weighted by Gasteiger charge is -1.97. The summed E-state index contributed by atoms with van der Waals surface area (Å²) in [4.78, 5) is 12.1. The van der Waals surface area contributed by atoms with Crippen LogP contribution in [0, 0.1) is 0 Å². The molecule has 23 heavy (non-hydrogen) atoms. The fraction of sp³-hybridized carbons (Fsp3) is 0.0588. The Morgan fingerprint density at radius 2 is 1.96 bits per heavy atom. The zero-order valence-electron chi connectivity index (χ0n) is 11.8. The van der Waals surface area contributed by atoms with Gasteiger partial charge in [-0.2, -0.15) is 0 Å². The highest BCUT2D eigenvalue weighted by Crippen LogP contribution is 2.33. The second kappa shape index (κ2) is 5.55. The zero-order chi connectivity index (χ0) is 15.8. The van der Waals surface area contributed by atoms with Crippen LogP contribution in [0.2, 0.25) is 0 Å². The van der Waals surface area contributed by atoms with E-state index in [2.05, 4.69) is 21.1 Å². The van der Waals surface area contributed by atoms with Crippen LogP contribution in [0.1, 0.15) is 11.3 Å². The van der Waals surface area contributed by atoms with Gasteiger partial charge in [-0.05, 0) is 51.8 Å². The fourth-order valence-corrected chi connectivity index (χ4v) is 2.69. The molecule has 2 aromatic carbocycles. The van der Waals surface area contributed by atoms with E-state index in [0.29, 0.717) is 21.3 Å². The monoisotopic (exact) mass is 371 g/mol. The number of halogens is 1. The van der Waals surface area contributed by atoms with Gasteiger partial charge in [-0.15, -0.1) is 0 Å². The summed E-state index contributed by atoms with van der Waals surface area (Å²) in [5, 5.41) is 4.64. The maximum Gasteiger partial charge on any atom is 0.238 e. The normalized spacial score (nSPS) is 13.1. The first-order valence-corrected chi connectivity index (χ1v) is 7.67. The molecule has 0 N–H and O–H groups in total. The van der Waals surface area contributed by atoms with Gasteiger partial charge in [0.15, 0.2) is 11.5 Å². The lowest BCUT2D eigenvalue weighted by molar-refractivity contribution is 0.174. The van der Waals surface area contributed by atoms with Crippen molar-refractivity contribution in [1.82, 2.24) is 5.16 Å². The molecule has 0 fully saturated rings. The van der Waals surface area contributed by atoms with Crippen molar-refractivity contribution >= 4 is 39.1 Å². The Bertz CT molecular complexity index is 994. The number of benzene rings is 1. The molecule has 0 unspecified atom stereocenters. The third-order valence-corrected chi connectivity index (χ3v) is 4.14. The second-order valence-electron chi connectivity index (χ2n) is 4.96. The molecule has 0 spiro atoms. The molecular formula is C17H10BrNO4. The number of rotatable bonds is 2. The Balaban J connectivity index is 1.75.